The minimum Gasteiger partial charge on any atom is -1.00 e. The van der Waals surface area contributed by atoms with E-state index in [2.05, 4.69) is 28.2 Å². The third kappa shape index (κ3) is 1.96. The van der Waals surface area contributed by atoms with Gasteiger partial charge in [0.2, 0.25) is 0 Å². The molecule has 3 rings (SSSR count). The molecule has 3 aromatic rings. The zero-order valence-electron chi connectivity index (χ0n) is 10.2. The van der Waals surface area contributed by atoms with E-state index in [4.69, 9.17) is 0 Å². The van der Waals surface area contributed by atoms with Crippen LogP contribution in [0.15, 0.2) is 48.8 Å². The SMILES string of the molecule is [Ba+2].[H-].[H-].c1cnc2c(c1)ccc1ncccc12. The minimum absolute atomic E-state index is 0. The Kier molecular flexibility index (Phi) is 3.43. The molecule has 0 N–H and O–H groups in total. The van der Waals surface area contributed by atoms with Crippen molar-refractivity contribution in [3.63, 3.8) is 0 Å². The topological polar surface area (TPSA) is 25.8 Å². The van der Waals surface area contributed by atoms with E-state index in [9.17, 15) is 0 Å². The molecule has 2 aromatic heterocycles. The molecule has 3 heteroatoms. The van der Waals surface area contributed by atoms with Crippen LogP contribution < -0.4 is 0 Å². The van der Waals surface area contributed by atoms with Gasteiger partial charge in [-0.1, -0.05) is 12.1 Å². The molecule has 0 atom stereocenters. The van der Waals surface area contributed by atoms with E-state index in [0.29, 0.717) is 0 Å². The van der Waals surface area contributed by atoms with E-state index < -0.39 is 0 Å². The quantitative estimate of drug-likeness (QED) is 0.470. The molecule has 0 fully saturated rings. The third-order valence-electron chi connectivity index (χ3n) is 2.35. The van der Waals surface area contributed by atoms with Gasteiger partial charge in [0.25, 0.3) is 0 Å². The van der Waals surface area contributed by atoms with Crippen molar-refractivity contribution in [2.45, 2.75) is 0 Å². The summed E-state index contributed by atoms with van der Waals surface area (Å²) >= 11 is 0. The largest absolute Gasteiger partial charge is 2.00 e. The van der Waals surface area contributed by atoms with Gasteiger partial charge in [0, 0.05) is 23.2 Å². The molecule has 0 amide bonds. The van der Waals surface area contributed by atoms with Crippen LogP contribution in [0.3, 0.4) is 0 Å². The van der Waals surface area contributed by atoms with Gasteiger partial charge in [0.1, 0.15) is 0 Å². The van der Waals surface area contributed by atoms with Gasteiger partial charge in [-0.15, -0.1) is 0 Å². The van der Waals surface area contributed by atoms with Crippen LogP contribution in [0.5, 0.6) is 0 Å². The summed E-state index contributed by atoms with van der Waals surface area (Å²) in [7, 11) is 0. The summed E-state index contributed by atoms with van der Waals surface area (Å²) in [6.07, 6.45) is 3.62. The molecule has 0 saturated carbocycles. The van der Waals surface area contributed by atoms with Gasteiger partial charge in [-0.25, -0.2) is 0 Å². The van der Waals surface area contributed by atoms with E-state index in [-0.39, 0.29) is 51.7 Å². The first-order chi connectivity index (χ1) is 6.95. The van der Waals surface area contributed by atoms with Crippen LogP contribution in [-0.4, -0.2) is 58.8 Å². The van der Waals surface area contributed by atoms with E-state index in [1.807, 2.05) is 24.4 Å². The number of rotatable bonds is 0. The van der Waals surface area contributed by atoms with E-state index in [1.165, 1.54) is 0 Å². The molecule has 0 unspecified atom stereocenters. The Hall–Kier alpha value is -0.389. The number of pyridine rings is 2. The summed E-state index contributed by atoms with van der Waals surface area (Å²) in [5.74, 6) is 0. The Labute approximate surface area is 131 Å². The number of fused-ring (bicyclic) bond motifs is 3. The molecule has 0 aliphatic carbocycles. The molecule has 70 valence electrons. The van der Waals surface area contributed by atoms with Crippen molar-refractivity contribution in [2.24, 2.45) is 0 Å². The molecular weight excluding hydrogens is 309 g/mol. The van der Waals surface area contributed by atoms with Crippen LogP contribution in [-0.2, 0) is 0 Å². The molecule has 0 radical (unpaired) electrons. The Balaban J connectivity index is 0.000000853. The first kappa shape index (κ1) is 11.1. The second-order valence-corrected chi connectivity index (χ2v) is 3.21. The summed E-state index contributed by atoms with van der Waals surface area (Å²) in [6, 6.07) is 12.1. The molecule has 2 nitrogen and oxygen atoms in total. The molecule has 0 aliphatic rings. The molecule has 15 heavy (non-hydrogen) atoms. The molecular formula is C12H10BaN2. The van der Waals surface area contributed by atoms with Crippen LogP contribution >= 0.6 is 0 Å². The second-order valence-electron chi connectivity index (χ2n) is 3.21. The fourth-order valence-corrected chi connectivity index (χ4v) is 1.70. The smallest absolute Gasteiger partial charge is 1.00 e. The van der Waals surface area contributed by atoms with Gasteiger partial charge >= 0.3 is 48.9 Å². The van der Waals surface area contributed by atoms with Crippen LogP contribution in [0.4, 0.5) is 0 Å². The number of nitrogens with zero attached hydrogens (tertiary/aromatic N) is 2. The summed E-state index contributed by atoms with van der Waals surface area (Å²) < 4.78 is 0. The van der Waals surface area contributed by atoms with Crippen LogP contribution in [0.25, 0.3) is 21.8 Å². The van der Waals surface area contributed by atoms with E-state index in [0.717, 1.165) is 21.8 Å². The zero-order valence-corrected chi connectivity index (χ0v) is 12.7. The van der Waals surface area contributed by atoms with Gasteiger partial charge < -0.3 is 2.85 Å². The summed E-state index contributed by atoms with van der Waals surface area (Å²) in [5, 5.41) is 2.28. The third-order valence-corrected chi connectivity index (χ3v) is 2.35. The second kappa shape index (κ2) is 4.64. The van der Waals surface area contributed by atoms with Crippen LogP contribution in [0, 0.1) is 0 Å². The maximum absolute atomic E-state index is 4.37. The van der Waals surface area contributed by atoms with Crippen molar-refractivity contribution < 1.29 is 2.85 Å². The summed E-state index contributed by atoms with van der Waals surface area (Å²) in [5.41, 5.74) is 2.02. The zero-order chi connectivity index (χ0) is 9.38. The molecule has 2 heterocycles. The maximum atomic E-state index is 4.37. The summed E-state index contributed by atoms with van der Waals surface area (Å²) in [4.78, 5) is 8.66. The molecule has 0 saturated heterocycles. The molecule has 0 aliphatic heterocycles. The average molecular weight is 320 g/mol. The summed E-state index contributed by atoms with van der Waals surface area (Å²) in [6.45, 7) is 0. The molecule has 0 bridgehead atoms. The first-order valence-electron chi connectivity index (χ1n) is 4.53. The predicted octanol–water partition coefficient (Wildman–Crippen LogP) is 2.63. The number of hydrogen-bond acceptors (Lipinski definition) is 2. The van der Waals surface area contributed by atoms with Gasteiger partial charge in [-0.2, -0.15) is 0 Å². The monoisotopic (exact) mass is 320 g/mol. The van der Waals surface area contributed by atoms with Crippen molar-refractivity contribution in [1.82, 2.24) is 9.97 Å². The fourth-order valence-electron chi connectivity index (χ4n) is 1.70. The average Bonchev–Trinajstić information content (AvgIpc) is 2.29. The Morgan fingerprint density at radius 2 is 1.67 bits per heavy atom. The van der Waals surface area contributed by atoms with E-state index in [1.54, 1.807) is 6.20 Å². The molecule has 1 aromatic carbocycles. The predicted molar refractivity (Wildman–Crippen MR) is 65.0 cm³/mol. The van der Waals surface area contributed by atoms with Crippen molar-refractivity contribution >= 4 is 70.7 Å². The van der Waals surface area contributed by atoms with Crippen LogP contribution in [0.1, 0.15) is 2.85 Å². The van der Waals surface area contributed by atoms with Gasteiger partial charge in [-0.3, -0.25) is 9.97 Å². The Morgan fingerprint density at radius 1 is 0.867 bits per heavy atom. The number of hydrogen-bond donors (Lipinski definition) is 0. The minimum atomic E-state index is 0. The number of benzene rings is 1. The van der Waals surface area contributed by atoms with Crippen molar-refractivity contribution in [2.75, 3.05) is 0 Å². The van der Waals surface area contributed by atoms with Crippen molar-refractivity contribution in [3.8, 4) is 0 Å². The standard InChI is InChI=1S/C12H8N2.Ba.2H/c1-3-9-5-6-11-10(4-2-7-13-11)12(9)14-8-1;;;/h1-8H;;;/q;+2;2*-1. The van der Waals surface area contributed by atoms with Gasteiger partial charge in [0.15, 0.2) is 0 Å². The van der Waals surface area contributed by atoms with Crippen molar-refractivity contribution in [1.29, 1.82) is 0 Å². The van der Waals surface area contributed by atoms with E-state index >= 15 is 0 Å². The van der Waals surface area contributed by atoms with Gasteiger partial charge in [0.05, 0.1) is 11.0 Å². The van der Waals surface area contributed by atoms with Crippen molar-refractivity contribution in [3.05, 3.63) is 48.8 Å². The Bertz CT molecular complexity index is 561. The normalized spacial score (nSPS) is 10.1. The maximum Gasteiger partial charge on any atom is 2.00 e. The Morgan fingerprint density at radius 3 is 2.60 bits per heavy atom. The first-order valence-corrected chi connectivity index (χ1v) is 4.53. The molecule has 0 spiro atoms. The number of aromatic nitrogens is 2. The van der Waals surface area contributed by atoms with Gasteiger partial charge in [-0.05, 0) is 24.3 Å². The van der Waals surface area contributed by atoms with Crippen LogP contribution in [0.2, 0.25) is 0 Å². The fraction of sp³-hybridized carbons (Fsp3) is 0.